The van der Waals surface area contributed by atoms with Crippen LogP contribution in [-0.4, -0.2) is 29.7 Å². The summed E-state index contributed by atoms with van der Waals surface area (Å²) in [6, 6.07) is 16.5. The SMILES string of the molecule is CCOC(=O)CC(c1cccc(OCc2cnc(-c3cc(OC)ccc3F)c(-c3ccc(C)s3)n2)c1)C1CC1. The van der Waals surface area contributed by atoms with E-state index >= 15 is 0 Å². The normalized spacial score (nSPS) is 13.6. The summed E-state index contributed by atoms with van der Waals surface area (Å²) in [5, 5.41) is 0. The summed E-state index contributed by atoms with van der Waals surface area (Å²) >= 11 is 1.58. The Morgan fingerprint density at radius 2 is 1.95 bits per heavy atom. The third-order valence-electron chi connectivity index (χ3n) is 6.78. The second-order valence-corrected chi connectivity index (χ2v) is 10.9. The molecular weight excluding hydrogens is 515 g/mol. The largest absolute Gasteiger partial charge is 0.497 e. The monoisotopic (exact) mass is 546 g/mol. The summed E-state index contributed by atoms with van der Waals surface area (Å²) in [6.07, 6.45) is 4.24. The van der Waals surface area contributed by atoms with E-state index in [1.165, 1.54) is 6.07 Å². The molecule has 1 aliphatic carbocycles. The van der Waals surface area contributed by atoms with Crippen LogP contribution >= 0.6 is 11.3 Å². The molecule has 2 aromatic heterocycles. The van der Waals surface area contributed by atoms with Crippen molar-refractivity contribution in [2.45, 2.75) is 45.6 Å². The molecule has 0 aliphatic heterocycles. The quantitative estimate of drug-likeness (QED) is 0.183. The fraction of sp³-hybridized carbons (Fsp3) is 0.323. The Balaban J connectivity index is 1.40. The first-order valence-corrected chi connectivity index (χ1v) is 13.9. The van der Waals surface area contributed by atoms with Gasteiger partial charge in [0.1, 0.15) is 35.3 Å². The zero-order valence-electron chi connectivity index (χ0n) is 22.3. The van der Waals surface area contributed by atoms with E-state index in [2.05, 4.69) is 4.98 Å². The number of hydrogen-bond acceptors (Lipinski definition) is 7. The molecule has 1 fully saturated rings. The van der Waals surface area contributed by atoms with Gasteiger partial charge in [-0.05, 0) is 86.6 Å². The van der Waals surface area contributed by atoms with Crippen molar-refractivity contribution in [1.82, 2.24) is 9.97 Å². The Morgan fingerprint density at radius 3 is 2.67 bits per heavy atom. The van der Waals surface area contributed by atoms with Crippen molar-refractivity contribution in [3.05, 3.63) is 82.7 Å². The third-order valence-corrected chi connectivity index (χ3v) is 7.79. The Bertz CT molecular complexity index is 1470. The van der Waals surface area contributed by atoms with Crippen LogP contribution in [0.25, 0.3) is 21.8 Å². The highest BCUT2D eigenvalue weighted by atomic mass is 32.1. The molecule has 6 nitrogen and oxygen atoms in total. The summed E-state index contributed by atoms with van der Waals surface area (Å²) in [7, 11) is 1.55. The van der Waals surface area contributed by atoms with Crippen LogP contribution in [0.4, 0.5) is 4.39 Å². The molecule has 5 rings (SSSR count). The van der Waals surface area contributed by atoms with Crippen molar-refractivity contribution >= 4 is 17.3 Å². The maximum atomic E-state index is 14.9. The first-order valence-electron chi connectivity index (χ1n) is 13.1. The lowest BCUT2D eigenvalue weighted by Gasteiger charge is -2.17. The highest BCUT2D eigenvalue weighted by Gasteiger charge is 2.34. The van der Waals surface area contributed by atoms with Gasteiger partial charge in [-0.1, -0.05) is 12.1 Å². The molecule has 0 N–H and O–H groups in total. The number of halogens is 1. The van der Waals surface area contributed by atoms with Gasteiger partial charge < -0.3 is 14.2 Å². The minimum Gasteiger partial charge on any atom is -0.497 e. The van der Waals surface area contributed by atoms with Crippen LogP contribution in [-0.2, 0) is 16.1 Å². The average molecular weight is 547 g/mol. The number of methoxy groups -OCH3 is 1. The summed E-state index contributed by atoms with van der Waals surface area (Å²) in [6.45, 7) is 4.42. The smallest absolute Gasteiger partial charge is 0.306 e. The molecule has 4 aromatic rings. The van der Waals surface area contributed by atoms with Gasteiger partial charge in [-0.3, -0.25) is 9.78 Å². The van der Waals surface area contributed by atoms with Crippen LogP contribution < -0.4 is 9.47 Å². The van der Waals surface area contributed by atoms with E-state index in [1.54, 1.807) is 36.8 Å². The van der Waals surface area contributed by atoms with Gasteiger partial charge in [-0.15, -0.1) is 11.3 Å². The van der Waals surface area contributed by atoms with E-state index in [1.807, 2.05) is 50.2 Å². The van der Waals surface area contributed by atoms with Crippen LogP contribution in [0, 0.1) is 18.7 Å². The highest BCUT2D eigenvalue weighted by molar-refractivity contribution is 7.15. The molecule has 0 saturated heterocycles. The Morgan fingerprint density at radius 1 is 1.10 bits per heavy atom. The van der Waals surface area contributed by atoms with E-state index in [-0.39, 0.29) is 18.5 Å². The highest BCUT2D eigenvalue weighted by Crippen LogP contribution is 2.45. The van der Waals surface area contributed by atoms with Gasteiger partial charge in [0.2, 0.25) is 0 Å². The first kappa shape index (κ1) is 26.8. The average Bonchev–Trinajstić information content (AvgIpc) is 3.70. The van der Waals surface area contributed by atoms with Crippen molar-refractivity contribution in [1.29, 1.82) is 0 Å². The summed E-state index contributed by atoms with van der Waals surface area (Å²) in [5.41, 5.74) is 3.07. The lowest BCUT2D eigenvalue weighted by atomic mass is 9.91. The fourth-order valence-electron chi connectivity index (χ4n) is 4.69. The number of rotatable bonds is 11. The van der Waals surface area contributed by atoms with Crippen LogP contribution in [0.2, 0.25) is 0 Å². The number of aromatic nitrogens is 2. The predicted molar refractivity (Wildman–Crippen MR) is 150 cm³/mol. The minimum atomic E-state index is -0.395. The van der Waals surface area contributed by atoms with E-state index in [9.17, 15) is 9.18 Å². The lowest BCUT2D eigenvalue weighted by Crippen LogP contribution is -2.12. The van der Waals surface area contributed by atoms with Gasteiger partial charge >= 0.3 is 5.97 Å². The van der Waals surface area contributed by atoms with Gasteiger partial charge in [-0.2, -0.15) is 0 Å². The summed E-state index contributed by atoms with van der Waals surface area (Å²) in [4.78, 5) is 23.7. The van der Waals surface area contributed by atoms with Gasteiger partial charge in [-0.25, -0.2) is 9.37 Å². The molecule has 1 atom stereocenters. The van der Waals surface area contributed by atoms with Crippen LogP contribution in [0.5, 0.6) is 11.5 Å². The number of esters is 1. The van der Waals surface area contributed by atoms with Gasteiger partial charge in [0.15, 0.2) is 0 Å². The zero-order chi connectivity index (χ0) is 27.4. The van der Waals surface area contributed by atoms with Gasteiger partial charge in [0.25, 0.3) is 0 Å². The molecule has 0 bridgehead atoms. The van der Waals surface area contributed by atoms with Gasteiger partial charge in [0.05, 0.1) is 36.9 Å². The maximum absolute atomic E-state index is 14.9. The van der Waals surface area contributed by atoms with Crippen molar-refractivity contribution in [2.75, 3.05) is 13.7 Å². The van der Waals surface area contributed by atoms with Crippen molar-refractivity contribution in [2.24, 2.45) is 5.92 Å². The maximum Gasteiger partial charge on any atom is 0.306 e. The molecule has 1 saturated carbocycles. The second-order valence-electron chi connectivity index (χ2n) is 9.63. The molecule has 1 unspecified atom stereocenters. The van der Waals surface area contributed by atoms with Crippen LogP contribution in [0.1, 0.15) is 48.2 Å². The number of aryl methyl sites for hydroxylation is 1. The van der Waals surface area contributed by atoms with E-state index in [0.29, 0.717) is 53.1 Å². The zero-order valence-corrected chi connectivity index (χ0v) is 23.1. The molecule has 202 valence electrons. The number of nitrogens with zero attached hydrogens (tertiary/aromatic N) is 2. The number of thiophene rings is 1. The molecule has 2 heterocycles. The van der Waals surface area contributed by atoms with Crippen molar-refractivity contribution in [3.63, 3.8) is 0 Å². The Hall–Kier alpha value is -3.78. The lowest BCUT2D eigenvalue weighted by molar-refractivity contribution is -0.143. The standard InChI is InChI=1S/C31H31FN2O4S/c1-4-37-29(35)16-25(20-9-10-20)21-6-5-7-24(14-21)38-18-22-17-33-30(26-15-23(36-3)11-12-27(26)32)31(34-22)28-13-8-19(2)39-28/h5-8,11-15,17,20,25H,4,9-10,16,18H2,1-3H3. The van der Waals surface area contributed by atoms with E-state index in [4.69, 9.17) is 19.2 Å². The third kappa shape index (κ3) is 6.45. The molecule has 1 aliphatic rings. The van der Waals surface area contributed by atoms with E-state index in [0.717, 1.165) is 28.2 Å². The Labute approximate surface area is 231 Å². The molecule has 0 radical (unpaired) electrons. The second kappa shape index (κ2) is 11.9. The number of hydrogen-bond donors (Lipinski definition) is 0. The predicted octanol–water partition coefficient (Wildman–Crippen LogP) is 7.35. The molecule has 39 heavy (non-hydrogen) atoms. The molecule has 0 spiro atoms. The number of benzene rings is 2. The topological polar surface area (TPSA) is 70.5 Å². The fourth-order valence-corrected chi connectivity index (χ4v) is 5.54. The van der Waals surface area contributed by atoms with Crippen molar-refractivity contribution < 1.29 is 23.4 Å². The van der Waals surface area contributed by atoms with Gasteiger partial charge in [0, 0.05) is 10.4 Å². The molecule has 0 amide bonds. The number of carbonyl (C=O) groups excluding carboxylic acids is 1. The minimum absolute atomic E-state index is 0.123. The van der Waals surface area contributed by atoms with E-state index < -0.39 is 5.82 Å². The van der Waals surface area contributed by atoms with Crippen molar-refractivity contribution in [3.8, 4) is 33.3 Å². The Kier molecular flexibility index (Phi) is 8.21. The number of ether oxygens (including phenoxy) is 3. The summed E-state index contributed by atoms with van der Waals surface area (Å²) < 4.78 is 31.5. The van der Waals surface area contributed by atoms with Crippen LogP contribution in [0.3, 0.4) is 0 Å². The molecular formula is C31H31FN2O4S. The first-order chi connectivity index (χ1) is 18.9. The summed E-state index contributed by atoms with van der Waals surface area (Å²) in [5.74, 6) is 1.30. The molecule has 2 aromatic carbocycles. The molecule has 8 heteroatoms. The van der Waals surface area contributed by atoms with Crippen LogP contribution in [0.15, 0.2) is 60.8 Å². The number of carbonyl (C=O) groups is 1.